The second kappa shape index (κ2) is 17.6. The third kappa shape index (κ3) is 9.59. The summed E-state index contributed by atoms with van der Waals surface area (Å²) >= 11 is 0. The van der Waals surface area contributed by atoms with E-state index in [0.29, 0.717) is 25.0 Å². The monoisotopic (exact) mass is 800 g/mol. The van der Waals surface area contributed by atoms with E-state index in [0.717, 1.165) is 56.2 Å². The Balaban J connectivity index is 2.24. The van der Waals surface area contributed by atoms with Gasteiger partial charge in [-0.25, -0.2) is 9.97 Å². The van der Waals surface area contributed by atoms with Crippen molar-refractivity contribution in [1.82, 2.24) is 9.97 Å². The molecule has 0 amide bonds. The van der Waals surface area contributed by atoms with E-state index < -0.39 is 66.7 Å². The van der Waals surface area contributed by atoms with Crippen LogP contribution in [0.1, 0.15) is 70.8 Å². The predicted molar refractivity (Wildman–Crippen MR) is 156 cm³/mol. The minimum Gasteiger partial charge on any atom is -0.428 e. The molecule has 0 saturated carbocycles. The van der Waals surface area contributed by atoms with Crippen LogP contribution in [0.25, 0.3) is 11.4 Å². The average Bonchev–Trinajstić information content (AvgIpc) is 3.07. The number of ether oxygens (including phenoxy) is 3. The molecule has 0 unspecified atom stereocenters. The first-order valence-electron chi connectivity index (χ1n) is 16.1. The van der Waals surface area contributed by atoms with E-state index in [1.807, 2.05) is 0 Å². The predicted octanol–water partition coefficient (Wildman–Crippen LogP) is 11.3. The largest absolute Gasteiger partial charge is 0.471 e. The minimum absolute atomic E-state index is 0.0111. The summed E-state index contributed by atoms with van der Waals surface area (Å²) in [4.78, 5) is 8.07. The van der Waals surface area contributed by atoms with Gasteiger partial charge in [0.05, 0.1) is 13.2 Å². The summed E-state index contributed by atoms with van der Waals surface area (Å²) in [5, 5.41) is 0. The molecule has 21 heteroatoms. The van der Waals surface area contributed by atoms with Crippen LogP contribution in [0.5, 0.6) is 5.75 Å². The molecule has 5 nitrogen and oxygen atoms in total. The van der Waals surface area contributed by atoms with E-state index in [4.69, 9.17) is 0 Å². The van der Waals surface area contributed by atoms with Gasteiger partial charge < -0.3 is 14.2 Å². The van der Waals surface area contributed by atoms with E-state index in [1.165, 1.54) is 12.4 Å². The molecular formula is C32H36F16N2O3. The number of benzene rings is 1. The molecule has 2 aromatic rings. The van der Waals surface area contributed by atoms with Gasteiger partial charge in [0.15, 0.2) is 5.82 Å². The van der Waals surface area contributed by atoms with Gasteiger partial charge in [0.2, 0.25) is 0 Å². The van der Waals surface area contributed by atoms with Crippen molar-refractivity contribution in [2.24, 2.45) is 0 Å². The standard InChI is InChI=1S/C32H36F16N2O3/c1-3-5-7-8-9-10-11-21-19-49-24(50-20-21)22-12-14-23(15-13-22)53-32(47,48)30(43,44)28(39,40)26(35,36)25(33,34)27(37,38)29(41,42)31(45,46)52-18-17-51-16-6-4-2/h12-15,19-20H,3-11,16-18H2,1-2H3. The molecule has 1 aromatic heterocycles. The third-order valence-electron chi connectivity index (χ3n) is 7.74. The lowest BCUT2D eigenvalue weighted by atomic mass is 9.90. The molecule has 2 rings (SSSR count). The summed E-state index contributed by atoms with van der Waals surface area (Å²) < 4.78 is 238. The van der Waals surface area contributed by atoms with Crippen LogP contribution in [0.3, 0.4) is 0 Å². The first kappa shape index (κ1) is 46.1. The summed E-state index contributed by atoms with van der Waals surface area (Å²) in [6, 6.07) is 2.36. The zero-order valence-electron chi connectivity index (χ0n) is 28.1. The van der Waals surface area contributed by atoms with Crippen LogP contribution in [-0.4, -0.2) is 77.5 Å². The van der Waals surface area contributed by atoms with Crippen molar-refractivity contribution in [2.45, 2.75) is 119 Å². The number of rotatable bonds is 24. The maximum atomic E-state index is 14.4. The highest BCUT2D eigenvalue weighted by atomic mass is 19.4. The summed E-state index contributed by atoms with van der Waals surface area (Å²) in [6.07, 6.45) is -3.55. The SMILES string of the molecule is CCCCCCCCc1cnc(-c2ccc(OC(F)(F)C(F)(F)C(F)(F)C(F)(F)C(F)(F)C(F)(F)C(F)(F)C(F)(F)OCCOCCCC)cc2)nc1. The van der Waals surface area contributed by atoms with Crippen molar-refractivity contribution >= 4 is 0 Å². The molecule has 0 bridgehead atoms. The van der Waals surface area contributed by atoms with Gasteiger partial charge in [0.25, 0.3) is 0 Å². The Morgan fingerprint density at radius 3 is 1.45 bits per heavy atom. The van der Waals surface area contributed by atoms with Crippen LogP contribution < -0.4 is 4.74 Å². The van der Waals surface area contributed by atoms with Crippen molar-refractivity contribution in [3.8, 4) is 17.1 Å². The van der Waals surface area contributed by atoms with Crippen molar-refractivity contribution < 1.29 is 84.5 Å². The molecular weight excluding hydrogens is 764 g/mol. The molecule has 0 radical (unpaired) electrons. The van der Waals surface area contributed by atoms with Gasteiger partial charge >= 0.3 is 47.8 Å². The fourth-order valence-corrected chi connectivity index (χ4v) is 4.45. The molecule has 0 fully saturated rings. The lowest BCUT2D eigenvalue weighted by Gasteiger charge is -2.43. The Kier molecular flexibility index (Phi) is 15.3. The lowest BCUT2D eigenvalue weighted by molar-refractivity contribution is -0.480. The lowest BCUT2D eigenvalue weighted by Crippen LogP contribution is -2.75. The van der Waals surface area contributed by atoms with Crippen molar-refractivity contribution in [1.29, 1.82) is 0 Å². The molecule has 0 aliphatic carbocycles. The van der Waals surface area contributed by atoms with Gasteiger partial charge in [-0.1, -0.05) is 52.4 Å². The molecule has 0 spiro atoms. The van der Waals surface area contributed by atoms with Crippen molar-refractivity contribution in [2.75, 3.05) is 19.8 Å². The summed E-state index contributed by atoms with van der Waals surface area (Å²) in [6.45, 7) is 0.645. The topological polar surface area (TPSA) is 53.5 Å². The van der Waals surface area contributed by atoms with Crippen molar-refractivity contribution in [3.63, 3.8) is 0 Å². The van der Waals surface area contributed by atoms with Gasteiger partial charge in [-0.3, -0.25) is 0 Å². The normalized spacial score (nSPS) is 14.2. The molecule has 0 aliphatic heterocycles. The highest BCUT2D eigenvalue weighted by molar-refractivity contribution is 5.56. The van der Waals surface area contributed by atoms with E-state index in [1.54, 1.807) is 6.92 Å². The van der Waals surface area contributed by atoms with E-state index in [-0.39, 0.29) is 24.4 Å². The Bertz CT molecular complexity index is 1410. The second-order valence-electron chi connectivity index (χ2n) is 11.9. The second-order valence-corrected chi connectivity index (χ2v) is 11.9. The summed E-state index contributed by atoms with van der Waals surface area (Å²) in [5.74, 6) is -51.2. The van der Waals surface area contributed by atoms with E-state index >= 15 is 0 Å². The fraction of sp³-hybridized carbons (Fsp3) is 0.688. The molecule has 1 heterocycles. The molecule has 1 aromatic carbocycles. The van der Waals surface area contributed by atoms with Gasteiger partial charge in [0, 0.05) is 24.6 Å². The molecule has 0 N–H and O–H groups in total. The zero-order chi connectivity index (χ0) is 40.6. The number of halogens is 16. The van der Waals surface area contributed by atoms with Crippen LogP contribution in [0.2, 0.25) is 0 Å². The number of aromatic nitrogens is 2. The average molecular weight is 801 g/mol. The first-order chi connectivity index (χ1) is 24.3. The number of hydrogen-bond acceptors (Lipinski definition) is 5. The van der Waals surface area contributed by atoms with Gasteiger partial charge in [-0.05, 0) is 49.1 Å². The maximum Gasteiger partial charge on any atom is 0.471 e. The minimum atomic E-state index is -8.59. The number of nitrogens with zero attached hydrogens (tertiary/aromatic N) is 2. The quantitative estimate of drug-likeness (QED) is 0.0782. The fourth-order valence-electron chi connectivity index (χ4n) is 4.45. The Labute approximate surface area is 293 Å². The zero-order valence-corrected chi connectivity index (χ0v) is 28.1. The van der Waals surface area contributed by atoms with Gasteiger partial charge in [-0.15, -0.1) is 0 Å². The van der Waals surface area contributed by atoms with Crippen LogP contribution in [0, 0.1) is 0 Å². The Morgan fingerprint density at radius 2 is 0.943 bits per heavy atom. The molecule has 53 heavy (non-hydrogen) atoms. The van der Waals surface area contributed by atoms with Gasteiger partial charge in [0.1, 0.15) is 5.75 Å². The molecule has 0 aliphatic rings. The summed E-state index contributed by atoms with van der Waals surface area (Å²) in [5.41, 5.74) is 0.712. The van der Waals surface area contributed by atoms with Crippen LogP contribution in [0.15, 0.2) is 36.7 Å². The molecule has 0 atom stereocenters. The van der Waals surface area contributed by atoms with Crippen molar-refractivity contribution in [3.05, 3.63) is 42.2 Å². The number of alkyl halides is 16. The number of unbranched alkanes of at least 4 members (excludes halogenated alkanes) is 6. The molecule has 0 saturated heterocycles. The first-order valence-corrected chi connectivity index (χ1v) is 16.1. The number of hydrogen-bond donors (Lipinski definition) is 0. The van der Waals surface area contributed by atoms with Crippen LogP contribution in [0.4, 0.5) is 70.2 Å². The number of aryl methyl sites for hydroxylation is 1. The van der Waals surface area contributed by atoms with Gasteiger partial charge in [-0.2, -0.15) is 70.2 Å². The van der Waals surface area contributed by atoms with Crippen LogP contribution in [-0.2, 0) is 15.9 Å². The Hall–Kier alpha value is -3.10. The molecule has 304 valence electrons. The smallest absolute Gasteiger partial charge is 0.428 e. The third-order valence-corrected chi connectivity index (χ3v) is 7.74. The Morgan fingerprint density at radius 1 is 0.491 bits per heavy atom. The maximum absolute atomic E-state index is 14.4. The van der Waals surface area contributed by atoms with E-state index in [9.17, 15) is 70.2 Å². The van der Waals surface area contributed by atoms with E-state index in [2.05, 4.69) is 31.1 Å². The highest BCUT2D eigenvalue weighted by Gasteiger charge is 2.95. The van der Waals surface area contributed by atoms with Crippen LogP contribution >= 0.6 is 0 Å². The summed E-state index contributed by atoms with van der Waals surface area (Å²) in [7, 11) is 0. The highest BCUT2D eigenvalue weighted by Crippen LogP contribution is 2.64.